The summed E-state index contributed by atoms with van der Waals surface area (Å²) in [5, 5.41) is 3.56. The first-order valence-corrected chi connectivity index (χ1v) is 6.66. The summed E-state index contributed by atoms with van der Waals surface area (Å²) in [4.78, 5) is 4.36. The first-order chi connectivity index (χ1) is 8.83. The maximum atomic E-state index is 4.36. The molecule has 0 aromatic carbocycles. The van der Waals surface area contributed by atoms with Gasteiger partial charge in [0.15, 0.2) is 0 Å². The molecule has 18 heavy (non-hydrogen) atoms. The van der Waals surface area contributed by atoms with Gasteiger partial charge in [-0.2, -0.15) is 0 Å². The van der Waals surface area contributed by atoms with Crippen molar-refractivity contribution in [3.63, 3.8) is 0 Å². The van der Waals surface area contributed by atoms with E-state index < -0.39 is 0 Å². The van der Waals surface area contributed by atoms with Gasteiger partial charge in [0.2, 0.25) is 0 Å². The molecule has 2 aromatic rings. The molecule has 1 saturated carbocycles. The quantitative estimate of drug-likeness (QED) is 0.839. The molecule has 0 amide bonds. The summed E-state index contributed by atoms with van der Waals surface area (Å²) in [5.41, 5.74) is 1.37. The number of aryl methyl sites for hydroxylation is 3. The molecule has 1 fully saturated rings. The Balaban J connectivity index is 1.58. The third kappa shape index (κ3) is 2.64. The zero-order chi connectivity index (χ0) is 12.4. The van der Waals surface area contributed by atoms with Gasteiger partial charge in [-0.1, -0.05) is 0 Å². The minimum Gasteiger partial charge on any atom is -0.350 e. The average molecular weight is 244 g/mol. The van der Waals surface area contributed by atoms with Crippen LogP contribution >= 0.6 is 0 Å². The van der Waals surface area contributed by atoms with Gasteiger partial charge >= 0.3 is 0 Å². The van der Waals surface area contributed by atoms with Crippen LogP contribution in [0.2, 0.25) is 0 Å². The van der Waals surface area contributed by atoms with Crippen LogP contribution in [-0.2, 0) is 26.6 Å². The van der Waals surface area contributed by atoms with Gasteiger partial charge in [0.05, 0.1) is 0 Å². The molecule has 0 saturated heterocycles. The highest BCUT2D eigenvalue weighted by molar-refractivity contribution is 5.08. The van der Waals surface area contributed by atoms with E-state index in [4.69, 9.17) is 0 Å². The zero-order valence-electron chi connectivity index (χ0n) is 10.8. The summed E-state index contributed by atoms with van der Waals surface area (Å²) in [6.07, 6.45) is 9.69. The molecule has 2 heterocycles. The Bertz CT molecular complexity index is 507. The summed E-state index contributed by atoms with van der Waals surface area (Å²) >= 11 is 0. The van der Waals surface area contributed by atoms with Crippen LogP contribution in [0, 0.1) is 0 Å². The van der Waals surface area contributed by atoms with E-state index in [-0.39, 0.29) is 0 Å². The fourth-order valence-corrected chi connectivity index (χ4v) is 2.22. The number of nitrogens with zero attached hydrogens (tertiary/aromatic N) is 3. The number of hydrogen-bond donors (Lipinski definition) is 1. The maximum Gasteiger partial charge on any atom is 0.110 e. The van der Waals surface area contributed by atoms with Crippen LogP contribution in [-0.4, -0.2) is 20.2 Å². The smallest absolute Gasteiger partial charge is 0.110 e. The van der Waals surface area contributed by atoms with Gasteiger partial charge in [-0.3, -0.25) is 0 Å². The molecule has 1 aliphatic rings. The Labute approximate surface area is 108 Å². The lowest BCUT2D eigenvalue weighted by Crippen LogP contribution is -2.18. The maximum absolute atomic E-state index is 4.36. The van der Waals surface area contributed by atoms with Gasteiger partial charge < -0.3 is 14.5 Å². The highest BCUT2D eigenvalue weighted by Gasteiger charge is 2.20. The molecule has 0 spiro atoms. The van der Waals surface area contributed by atoms with Gasteiger partial charge in [-0.05, 0) is 25.0 Å². The van der Waals surface area contributed by atoms with Gasteiger partial charge in [-0.25, -0.2) is 4.98 Å². The Kier molecular flexibility index (Phi) is 3.19. The van der Waals surface area contributed by atoms with Crippen molar-refractivity contribution in [3.8, 4) is 0 Å². The highest BCUT2D eigenvalue weighted by Crippen LogP contribution is 2.19. The lowest BCUT2D eigenvalue weighted by atomic mass is 10.3. The van der Waals surface area contributed by atoms with Crippen LogP contribution in [0.4, 0.5) is 0 Å². The summed E-state index contributed by atoms with van der Waals surface area (Å²) in [6.45, 7) is 1.98. The van der Waals surface area contributed by atoms with Crippen molar-refractivity contribution in [3.05, 3.63) is 42.2 Å². The predicted molar refractivity (Wildman–Crippen MR) is 71.2 cm³/mol. The Morgan fingerprint density at radius 2 is 2.28 bits per heavy atom. The second kappa shape index (κ2) is 4.98. The molecule has 96 valence electrons. The minimum atomic E-state index is 0.767. The van der Waals surface area contributed by atoms with Crippen molar-refractivity contribution in [2.24, 2.45) is 7.05 Å². The standard InChI is InChI=1S/C14H20N4/c1-17-10-7-15-14(17)6-9-18-8-2-3-13(18)11-16-12-4-5-12/h2-3,7-8,10,12,16H,4-6,9,11H2,1H3. The molecule has 4 nitrogen and oxygen atoms in total. The van der Waals surface area contributed by atoms with Crippen molar-refractivity contribution in [2.45, 2.75) is 38.4 Å². The van der Waals surface area contributed by atoms with Crippen LogP contribution < -0.4 is 5.32 Å². The zero-order valence-corrected chi connectivity index (χ0v) is 10.8. The van der Waals surface area contributed by atoms with E-state index in [2.05, 4.69) is 37.8 Å². The molecule has 2 aromatic heterocycles. The molecular formula is C14H20N4. The topological polar surface area (TPSA) is 34.8 Å². The Hall–Kier alpha value is -1.55. The van der Waals surface area contributed by atoms with E-state index in [1.165, 1.54) is 18.5 Å². The third-order valence-corrected chi connectivity index (χ3v) is 3.57. The molecule has 0 bridgehead atoms. The highest BCUT2D eigenvalue weighted by atomic mass is 15.1. The monoisotopic (exact) mass is 244 g/mol. The van der Waals surface area contributed by atoms with Crippen molar-refractivity contribution < 1.29 is 0 Å². The lowest BCUT2D eigenvalue weighted by molar-refractivity contribution is 0.592. The van der Waals surface area contributed by atoms with Crippen LogP contribution in [0.1, 0.15) is 24.4 Å². The van der Waals surface area contributed by atoms with Gasteiger partial charge in [0.1, 0.15) is 5.82 Å². The van der Waals surface area contributed by atoms with Crippen LogP contribution in [0.15, 0.2) is 30.7 Å². The Morgan fingerprint density at radius 3 is 3.00 bits per heavy atom. The first-order valence-electron chi connectivity index (χ1n) is 6.66. The van der Waals surface area contributed by atoms with Crippen molar-refractivity contribution in [1.82, 2.24) is 19.4 Å². The van der Waals surface area contributed by atoms with E-state index in [1.54, 1.807) is 0 Å². The van der Waals surface area contributed by atoms with Crippen molar-refractivity contribution in [2.75, 3.05) is 0 Å². The second-order valence-corrected chi connectivity index (χ2v) is 5.05. The van der Waals surface area contributed by atoms with E-state index in [9.17, 15) is 0 Å². The van der Waals surface area contributed by atoms with E-state index >= 15 is 0 Å². The van der Waals surface area contributed by atoms with E-state index in [0.29, 0.717) is 0 Å². The fourth-order valence-electron chi connectivity index (χ4n) is 2.22. The van der Waals surface area contributed by atoms with E-state index in [0.717, 1.165) is 31.4 Å². The molecule has 1 aliphatic carbocycles. The van der Waals surface area contributed by atoms with Crippen molar-refractivity contribution in [1.29, 1.82) is 0 Å². The Morgan fingerprint density at radius 1 is 1.39 bits per heavy atom. The summed E-state index contributed by atoms with van der Waals surface area (Å²) in [7, 11) is 2.05. The first kappa shape index (κ1) is 11.5. The second-order valence-electron chi connectivity index (χ2n) is 5.05. The number of nitrogens with one attached hydrogen (secondary N) is 1. The van der Waals surface area contributed by atoms with Crippen LogP contribution in [0.25, 0.3) is 0 Å². The summed E-state index contributed by atoms with van der Waals surface area (Å²) < 4.78 is 4.41. The van der Waals surface area contributed by atoms with E-state index in [1.807, 2.05) is 19.4 Å². The summed E-state index contributed by atoms with van der Waals surface area (Å²) in [6, 6.07) is 5.10. The van der Waals surface area contributed by atoms with Crippen LogP contribution in [0.5, 0.6) is 0 Å². The minimum absolute atomic E-state index is 0.767. The molecule has 1 N–H and O–H groups in total. The lowest BCUT2D eigenvalue weighted by Gasteiger charge is -2.10. The predicted octanol–water partition coefficient (Wildman–Crippen LogP) is 1.72. The van der Waals surface area contributed by atoms with Gasteiger partial charge in [0, 0.05) is 56.9 Å². The molecule has 4 heteroatoms. The molecule has 0 atom stereocenters. The SMILES string of the molecule is Cn1ccnc1CCn1cccc1CNC1CC1. The van der Waals surface area contributed by atoms with Crippen molar-refractivity contribution >= 4 is 0 Å². The third-order valence-electron chi connectivity index (χ3n) is 3.57. The van der Waals surface area contributed by atoms with Gasteiger partial charge in [-0.15, -0.1) is 0 Å². The molecule has 3 rings (SSSR count). The normalized spacial score (nSPS) is 15.2. The number of imidazole rings is 1. The average Bonchev–Trinajstić information content (AvgIpc) is 2.94. The summed E-state index contributed by atoms with van der Waals surface area (Å²) in [5.74, 6) is 1.14. The molecule has 0 unspecified atom stereocenters. The number of aromatic nitrogens is 3. The number of hydrogen-bond acceptors (Lipinski definition) is 2. The number of rotatable bonds is 6. The fraction of sp³-hybridized carbons (Fsp3) is 0.500. The molecule has 0 radical (unpaired) electrons. The molecular weight excluding hydrogens is 224 g/mol. The largest absolute Gasteiger partial charge is 0.350 e. The molecule has 0 aliphatic heterocycles. The van der Waals surface area contributed by atoms with Crippen LogP contribution in [0.3, 0.4) is 0 Å². The van der Waals surface area contributed by atoms with Gasteiger partial charge in [0.25, 0.3) is 0 Å².